The van der Waals surface area contributed by atoms with E-state index in [9.17, 15) is 13.2 Å². The van der Waals surface area contributed by atoms with Crippen molar-refractivity contribution in [1.29, 1.82) is 0 Å². The Hall–Kier alpha value is -2.49. The van der Waals surface area contributed by atoms with Crippen molar-refractivity contribution in [3.8, 4) is 10.4 Å². The van der Waals surface area contributed by atoms with Crippen LogP contribution in [0.5, 0.6) is 0 Å². The summed E-state index contributed by atoms with van der Waals surface area (Å²) in [5.41, 5.74) is 3.56. The van der Waals surface area contributed by atoms with Crippen molar-refractivity contribution in [2.75, 3.05) is 17.3 Å². The molecule has 1 aliphatic rings. The predicted molar refractivity (Wildman–Crippen MR) is 134 cm³/mol. The highest BCUT2D eigenvalue weighted by Gasteiger charge is 2.31. The number of hydrogen-bond acceptors (Lipinski definition) is 7. The quantitative estimate of drug-likeness (QED) is 0.209. The molecule has 0 saturated carbocycles. The third-order valence-corrected chi connectivity index (χ3v) is 9.90. The minimum absolute atomic E-state index is 0.0190. The molecule has 6 nitrogen and oxygen atoms in total. The zero-order chi connectivity index (χ0) is 23.2. The van der Waals surface area contributed by atoms with Crippen LogP contribution in [0.3, 0.4) is 0 Å². The molecule has 4 aromatic rings. The van der Waals surface area contributed by atoms with Gasteiger partial charge in [0.15, 0.2) is 15.6 Å². The van der Waals surface area contributed by atoms with Crippen LogP contribution in [0.4, 0.5) is 0 Å². The first-order valence-corrected chi connectivity index (χ1v) is 14.3. The van der Waals surface area contributed by atoms with Gasteiger partial charge in [0.05, 0.1) is 17.3 Å². The maximum Gasteiger partial charge on any atom is 0.174 e. The molecule has 0 amide bonds. The topological polar surface area (TPSA) is 81.9 Å². The fourth-order valence-electron chi connectivity index (χ4n) is 4.51. The van der Waals surface area contributed by atoms with E-state index in [0.717, 1.165) is 37.1 Å². The lowest BCUT2D eigenvalue weighted by molar-refractivity contribution is 0.102. The number of hydrogen-bond donors (Lipinski definition) is 0. The van der Waals surface area contributed by atoms with Gasteiger partial charge >= 0.3 is 0 Å². The van der Waals surface area contributed by atoms with Gasteiger partial charge < -0.3 is 4.57 Å². The zero-order valence-electron chi connectivity index (χ0n) is 18.3. The third kappa shape index (κ3) is 4.37. The Morgan fingerprint density at radius 1 is 1.18 bits per heavy atom. The molecule has 0 spiro atoms. The largest absolute Gasteiger partial charge is 0.344 e. The number of nitrogens with zero attached hydrogens (tertiary/aromatic N) is 3. The number of carbonyl (C=O) groups is 1. The lowest BCUT2D eigenvalue weighted by Gasteiger charge is -2.16. The number of thioether (sulfide) groups is 1. The fourth-order valence-corrected chi connectivity index (χ4v) is 8.13. The number of aryl methyl sites for hydroxylation is 1. The van der Waals surface area contributed by atoms with Crippen LogP contribution in [-0.4, -0.2) is 46.0 Å². The first kappa shape index (κ1) is 22.3. The molecule has 1 fully saturated rings. The lowest BCUT2D eigenvalue weighted by Crippen LogP contribution is -2.14. The van der Waals surface area contributed by atoms with Gasteiger partial charge in [0.1, 0.15) is 16.2 Å². The number of rotatable bonds is 6. The summed E-state index contributed by atoms with van der Waals surface area (Å²) < 4.78 is 25.9. The summed E-state index contributed by atoms with van der Waals surface area (Å²) >= 11 is 3.03. The van der Waals surface area contributed by atoms with Gasteiger partial charge in [-0.05, 0) is 38.0 Å². The molecule has 0 aliphatic carbocycles. The highest BCUT2D eigenvalue weighted by molar-refractivity contribution is 8.00. The molecule has 0 N–H and O–H groups in total. The summed E-state index contributed by atoms with van der Waals surface area (Å²) in [5, 5.41) is 1.75. The molecule has 3 aromatic heterocycles. The van der Waals surface area contributed by atoms with Gasteiger partial charge in [0.2, 0.25) is 0 Å². The summed E-state index contributed by atoms with van der Waals surface area (Å²) in [6, 6.07) is 14.0. The predicted octanol–water partition coefficient (Wildman–Crippen LogP) is 5.11. The van der Waals surface area contributed by atoms with Crippen LogP contribution in [0.1, 0.15) is 34.2 Å². The van der Waals surface area contributed by atoms with Crippen LogP contribution < -0.4 is 0 Å². The second-order valence-corrected chi connectivity index (χ2v) is 12.5. The summed E-state index contributed by atoms with van der Waals surface area (Å²) in [6.45, 7) is 3.84. The normalized spacial score (nSPS) is 17.6. The van der Waals surface area contributed by atoms with E-state index < -0.39 is 9.84 Å². The number of Topliss-reactive ketones (excluding diaryl/α,β-unsaturated/α-hetero) is 1. The second kappa shape index (κ2) is 8.70. The molecular weight excluding hydrogens is 474 g/mol. The number of sulfone groups is 1. The first-order chi connectivity index (χ1) is 15.8. The summed E-state index contributed by atoms with van der Waals surface area (Å²) in [4.78, 5) is 24.0. The minimum Gasteiger partial charge on any atom is -0.344 e. The fraction of sp³-hybridized carbons (Fsp3) is 0.292. The molecule has 1 aliphatic heterocycles. The first-order valence-electron chi connectivity index (χ1n) is 10.7. The molecular formula is C24H23N3O3S3. The molecule has 4 heterocycles. The molecule has 0 radical (unpaired) electrons. The van der Waals surface area contributed by atoms with Crippen molar-refractivity contribution in [3.63, 3.8) is 0 Å². The molecule has 5 rings (SSSR count). The highest BCUT2D eigenvalue weighted by Crippen LogP contribution is 2.36. The van der Waals surface area contributed by atoms with Gasteiger partial charge in [-0.15, -0.1) is 11.3 Å². The summed E-state index contributed by atoms with van der Waals surface area (Å²) in [5.74, 6) is 0.636. The molecule has 33 heavy (non-hydrogen) atoms. The van der Waals surface area contributed by atoms with Crippen LogP contribution in [0.25, 0.3) is 20.7 Å². The maximum atomic E-state index is 13.1. The van der Waals surface area contributed by atoms with E-state index in [1.807, 2.05) is 42.7 Å². The number of ketones is 1. The second-order valence-electron chi connectivity index (χ2n) is 8.30. The zero-order valence-corrected chi connectivity index (χ0v) is 20.8. The summed E-state index contributed by atoms with van der Waals surface area (Å²) in [7, 11) is -3.00. The molecule has 0 bridgehead atoms. The van der Waals surface area contributed by atoms with E-state index in [1.165, 1.54) is 11.8 Å². The van der Waals surface area contributed by atoms with E-state index >= 15 is 0 Å². The van der Waals surface area contributed by atoms with E-state index in [-0.39, 0.29) is 29.1 Å². The van der Waals surface area contributed by atoms with E-state index in [2.05, 4.69) is 28.2 Å². The Kier molecular flexibility index (Phi) is 5.88. The lowest BCUT2D eigenvalue weighted by atomic mass is 10.2. The van der Waals surface area contributed by atoms with Gasteiger partial charge in [-0.25, -0.2) is 18.4 Å². The molecule has 1 atom stereocenters. The number of thiophene rings is 1. The standard InChI is InChI=1S/C24H23N3O3S3/c1-15-10-19(16(2)27(15)18-8-9-33(29,30)13-18)21(28)12-31-23-20-11-22(17-6-4-3-5-7-17)32-24(20)26-14-25-23/h3-7,10-11,14,18H,8-9,12-13H2,1-2H3. The maximum absolute atomic E-state index is 13.1. The van der Waals surface area contributed by atoms with Crippen LogP contribution in [-0.2, 0) is 9.84 Å². The number of aromatic nitrogens is 3. The average molecular weight is 498 g/mol. The molecule has 1 unspecified atom stereocenters. The third-order valence-electron chi connectivity index (χ3n) is 6.05. The molecule has 1 saturated heterocycles. The van der Waals surface area contributed by atoms with Gasteiger partial charge in [-0.1, -0.05) is 42.1 Å². The molecule has 1 aromatic carbocycles. The SMILES string of the molecule is Cc1cc(C(=O)CSc2ncnc3sc(-c4ccccc4)cc23)c(C)n1C1CCS(=O)(=O)C1. The molecule has 9 heteroatoms. The van der Waals surface area contributed by atoms with E-state index in [0.29, 0.717) is 12.0 Å². The van der Waals surface area contributed by atoms with Crippen molar-refractivity contribution in [2.24, 2.45) is 0 Å². The number of benzene rings is 1. The highest BCUT2D eigenvalue weighted by atomic mass is 32.2. The van der Waals surface area contributed by atoms with Crippen molar-refractivity contribution in [2.45, 2.75) is 31.3 Å². The minimum atomic E-state index is -3.00. The Morgan fingerprint density at radius 3 is 2.70 bits per heavy atom. The van der Waals surface area contributed by atoms with Gasteiger partial charge in [0, 0.05) is 33.3 Å². The number of carbonyl (C=O) groups excluding carboxylic acids is 1. The van der Waals surface area contributed by atoms with Gasteiger partial charge in [-0.3, -0.25) is 4.79 Å². The van der Waals surface area contributed by atoms with Crippen LogP contribution in [0.2, 0.25) is 0 Å². The van der Waals surface area contributed by atoms with Crippen molar-refractivity contribution in [3.05, 3.63) is 65.7 Å². The van der Waals surface area contributed by atoms with Crippen molar-refractivity contribution < 1.29 is 13.2 Å². The summed E-state index contributed by atoms with van der Waals surface area (Å²) in [6.07, 6.45) is 2.15. The van der Waals surface area contributed by atoms with Crippen LogP contribution >= 0.6 is 23.1 Å². The van der Waals surface area contributed by atoms with Gasteiger partial charge in [0.25, 0.3) is 0 Å². The monoisotopic (exact) mass is 497 g/mol. The Balaban J connectivity index is 1.37. The Labute approximate surface area is 201 Å². The van der Waals surface area contributed by atoms with Crippen molar-refractivity contribution >= 4 is 48.9 Å². The van der Waals surface area contributed by atoms with E-state index in [1.54, 1.807) is 17.7 Å². The smallest absolute Gasteiger partial charge is 0.174 e. The average Bonchev–Trinajstić information content (AvgIpc) is 3.47. The Bertz CT molecular complexity index is 1460. The molecule has 170 valence electrons. The Morgan fingerprint density at radius 2 is 1.97 bits per heavy atom. The van der Waals surface area contributed by atoms with Crippen molar-refractivity contribution in [1.82, 2.24) is 14.5 Å². The van der Waals surface area contributed by atoms with Crippen LogP contribution in [0.15, 0.2) is 53.8 Å². The van der Waals surface area contributed by atoms with E-state index in [4.69, 9.17) is 0 Å². The van der Waals surface area contributed by atoms with Gasteiger partial charge in [-0.2, -0.15) is 0 Å². The number of fused-ring (bicyclic) bond motifs is 1. The van der Waals surface area contributed by atoms with Crippen LogP contribution in [0, 0.1) is 13.8 Å².